The number of hydrogen-bond acceptors (Lipinski definition) is 5. The quantitative estimate of drug-likeness (QED) is 0.616. The van der Waals surface area contributed by atoms with Gasteiger partial charge in [0.05, 0.1) is 17.8 Å². The number of hydrazine groups is 1. The molecule has 0 amide bonds. The summed E-state index contributed by atoms with van der Waals surface area (Å²) in [5.74, 6) is -0.365. The number of fused-ring (bicyclic) bond motifs is 2. The van der Waals surface area contributed by atoms with Gasteiger partial charge in [-0.05, 0) is 75.6 Å². The van der Waals surface area contributed by atoms with Gasteiger partial charge in [-0.15, -0.1) is 0 Å². The van der Waals surface area contributed by atoms with Gasteiger partial charge in [0.2, 0.25) is 0 Å². The van der Waals surface area contributed by atoms with Crippen LogP contribution in [-0.4, -0.2) is 47.8 Å². The van der Waals surface area contributed by atoms with E-state index in [4.69, 9.17) is 5.10 Å². The first-order valence-electron chi connectivity index (χ1n) is 10.8. The van der Waals surface area contributed by atoms with Crippen LogP contribution in [0.1, 0.15) is 51.4 Å². The molecule has 164 valence electrons. The normalized spacial score (nSPS) is 29.6. The van der Waals surface area contributed by atoms with Crippen molar-refractivity contribution in [2.24, 2.45) is 5.10 Å². The van der Waals surface area contributed by atoms with Gasteiger partial charge in [0.1, 0.15) is 5.76 Å². The molecule has 1 saturated heterocycles. The molecular formula is C22H29F3N4O. The smallest absolute Gasteiger partial charge is 0.416 e. The summed E-state index contributed by atoms with van der Waals surface area (Å²) >= 11 is 0. The lowest BCUT2D eigenvalue weighted by molar-refractivity contribution is -0.0886. The van der Waals surface area contributed by atoms with E-state index in [0.717, 1.165) is 63.3 Å². The van der Waals surface area contributed by atoms with E-state index < -0.39 is 11.7 Å². The second-order valence-corrected chi connectivity index (χ2v) is 8.34. The Balaban J connectivity index is 1.70. The van der Waals surface area contributed by atoms with Gasteiger partial charge in [0, 0.05) is 18.2 Å². The van der Waals surface area contributed by atoms with Crippen molar-refractivity contribution in [3.63, 3.8) is 0 Å². The summed E-state index contributed by atoms with van der Waals surface area (Å²) in [5, 5.41) is 20.6. The molecule has 3 N–H and O–H groups in total. The maximum absolute atomic E-state index is 13.4. The molecule has 8 heteroatoms. The molecule has 0 aromatic carbocycles. The van der Waals surface area contributed by atoms with Gasteiger partial charge >= 0.3 is 6.18 Å². The number of aliphatic hydroxyl groups excluding tert-OH is 1. The average molecular weight is 422 g/mol. The zero-order valence-corrected chi connectivity index (χ0v) is 17.1. The second-order valence-electron chi connectivity index (χ2n) is 8.34. The van der Waals surface area contributed by atoms with E-state index in [-0.39, 0.29) is 11.8 Å². The number of rotatable bonds is 2. The van der Waals surface area contributed by atoms with Crippen molar-refractivity contribution in [2.45, 2.75) is 63.6 Å². The first kappa shape index (κ1) is 21.2. The van der Waals surface area contributed by atoms with Crippen LogP contribution in [0.25, 0.3) is 0 Å². The molecule has 30 heavy (non-hydrogen) atoms. The van der Waals surface area contributed by atoms with Gasteiger partial charge in [-0.25, -0.2) is 10.5 Å². The number of hydrazone groups is 1. The van der Waals surface area contributed by atoms with Crippen LogP contribution >= 0.6 is 0 Å². The van der Waals surface area contributed by atoms with E-state index in [9.17, 15) is 18.3 Å². The summed E-state index contributed by atoms with van der Waals surface area (Å²) in [6.07, 6.45) is 6.16. The zero-order valence-electron chi connectivity index (χ0n) is 17.1. The molecule has 1 fully saturated rings. The third kappa shape index (κ3) is 4.81. The topological polar surface area (TPSA) is 59.9 Å². The lowest BCUT2D eigenvalue weighted by Gasteiger charge is -2.33. The van der Waals surface area contributed by atoms with Crippen LogP contribution in [0.4, 0.5) is 13.2 Å². The predicted molar refractivity (Wildman–Crippen MR) is 111 cm³/mol. The van der Waals surface area contributed by atoms with E-state index in [1.54, 1.807) is 11.2 Å². The van der Waals surface area contributed by atoms with E-state index in [1.807, 2.05) is 0 Å². The Bertz CT molecular complexity index is 817. The largest absolute Gasteiger partial charge is 0.507 e. The van der Waals surface area contributed by atoms with Crippen molar-refractivity contribution < 1.29 is 18.3 Å². The molecule has 0 bridgehead atoms. The number of hydrogen-bond donors (Lipinski definition) is 3. The Morgan fingerprint density at radius 1 is 1.13 bits per heavy atom. The highest BCUT2D eigenvalue weighted by atomic mass is 19.4. The summed E-state index contributed by atoms with van der Waals surface area (Å²) in [6.45, 7) is 2.26. The molecule has 4 rings (SSSR count). The molecular weight excluding hydrogens is 393 g/mol. The van der Waals surface area contributed by atoms with E-state index in [1.165, 1.54) is 11.6 Å². The van der Waals surface area contributed by atoms with Gasteiger partial charge in [-0.2, -0.15) is 18.3 Å². The van der Waals surface area contributed by atoms with Crippen molar-refractivity contribution in [3.05, 3.63) is 46.3 Å². The van der Waals surface area contributed by atoms with Crippen molar-refractivity contribution >= 4 is 5.71 Å². The highest BCUT2D eigenvalue weighted by molar-refractivity contribution is 6.15. The molecule has 0 aromatic heterocycles. The van der Waals surface area contributed by atoms with Crippen molar-refractivity contribution in [1.82, 2.24) is 15.9 Å². The number of allylic oxidation sites excluding steroid dienone is 6. The van der Waals surface area contributed by atoms with Crippen LogP contribution < -0.4 is 10.7 Å². The molecule has 0 radical (unpaired) electrons. The molecule has 2 aliphatic carbocycles. The molecule has 0 saturated carbocycles. The van der Waals surface area contributed by atoms with Gasteiger partial charge in [0.15, 0.2) is 0 Å². The number of alkyl halides is 3. The minimum atomic E-state index is -4.49. The Hall–Kier alpha value is -2.06. The minimum Gasteiger partial charge on any atom is -0.507 e. The molecule has 0 unspecified atom stereocenters. The fourth-order valence-corrected chi connectivity index (χ4v) is 4.61. The van der Waals surface area contributed by atoms with Gasteiger partial charge in [-0.3, -0.25) is 0 Å². The number of halogens is 3. The Labute approximate surface area is 175 Å². The SMILES string of the molecule is O/C1=C/C(C(F)(F)F)=C\CCC2=C(CCCC2)C2=NN(N[C@@H]3CCCNC3)CC=C21. The maximum Gasteiger partial charge on any atom is 0.416 e. The van der Waals surface area contributed by atoms with Crippen LogP contribution in [-0.2, 0) is 0 Å². The second kappa shape index (κ2) is 8.98. The first-order chi connectivity index (χ1) is 14.4. The van der Waals surface area contributed by atoms with Crippen LogP contribution in [0.2, 0.25) is 0 Å². The van der Waals surface area contributed by atoms with Gasteiger partial charge in [-0.1, -0.05) is 11.6 Å². The van der Waals surface area contributed by atoms with Crippen LogP contribution in [0.3, 0.4) is 0 Å². The summed E-state index contributed by atoms with van der Waals surface area (Å²) < 4.78 is 40.3. The average Bonchev–Trinajstić information content (AvgIpc) is 2.73. The van der Waals surface area contributed by atoms with Crippen molar-refractivity contribution in [3.8, 4) is 0 Å². The van der Waals surface area contributed by atoms with Crippen molar-refractivity contribution in [1.29, 1.82) is 0 Å². The fourth-order valence-electron chi connectivity index (χ4n) is 4.61. The number of aliphatic hydroxyl groups is 1. The molecule has 2 aliphatic heterocycles. The molecule has 1 atom stereocenters. The molecule has 4 aliphatic rings. The molecule has 0 spiro atoms. The van der Waals surface area contributed by atoms with Crippen molar-refractivity contribution in [2.75, 3.05) is 19.6 Å². The maximum atomic E-state index is 13.4. The van der Waals surface area contributed by atoms with Crippen LogP contribution in [0.15, 0.2) is 51.4 Å². The monoisotopic (exact) mass is 422 g/mol. The van der Waals surface area contributed by atoms with E-state index >= 15 is 0 Å². The standard InChI is InChI=1S/C22H29F3N4O/c23-22(24,25)16-7-3-6-15-5-1-2-9-18(15)21-19(20(30)13-16)10-12-29(28-21)27-17-8-4-11-26-14-17/h7,10,13,17,26-27,30H,1-6,8-9,11-12,14H2/b16-7+,20-13+/t17-/m1/s1. The first-order valence-corrected chi connectivity index (χ1v) is 10.8. The zero-order chi connectivity index (χ0) is 21.1. The summed E-state index contributed by atoms with van der Waals surface area (Å²) in [6, 6.07) is 0.265. The summed E-state index contributed by atoms with van der Waals surface area (Å²) in [5.41, 5.74) is 5.90. The highest BCUT2D eigenvalue weighted by Gasteiger charge is 2.34. The van der Waals surface area contributed by atoms with Gasteiger partial charge in [0.25, 0.3) is 0 Å². The Morgan fingerprint density at radius 2 is 1.97 bits per heavy atom. The molecule has 2 heterocycles. The fraction of sp³-hybridized carbons (Fsp3) is 0.591. The Kier molecular flexibility index (Phi) is 6.34. The van der Waals surface area contributed by atoms with Crippen LogP contribution in [0.5, 0.6) is 0 Å². The van der Waals surface area contributed by atoms with E-state index in [2.05, 4.69) is 10.7 Å². The summed E-state index contributed by atoms with van der Waals surface area (Å²) in [7, 11) is 0. The number of nitrogens with one attached hydrogen (secondary N) is 2. The number of nitrogens with zero attached hydrogens (tertiary/aromatic N) is 2. The highest BCUT2D eigenvalue weighted by Crippen LogP contribution is 2.36. The Morgan fingerprint density at radius 3 is 2.73 bits per heavy atom. The molecule has 0 aromatic rings. The van der Waals surface area contributed by atoms with Crippen LogP contribution in [0, 0.1) is 0 Å². The van der Waals surface area contributed by atoms with Gasteiger partial charge < -0.3 is 10.4 Å². The summed E-state index contributed by atoms with van der Waals surface area (Å²) in [4.78, 5) is 0. The predicted octanol–water partition coefficient (Wildman–Crippen LogP) is 4.44. The lowest BCUT2D eigenvalue weighted by Crippen LogP contribution is -2.50. The third-order valence-electron chi connectivity index (χ3n) is 6.15. The third-order valence-corrected chi connectivity index (χ3v) is 6.15. The lowest BCUT2D eigenvalue weighted by atomic mass is 9.83. The van der Waals surface area contributed by atoms with E-state index in [0.29, 0.717) is 30.7 Å². The number of piperidine rings is 1. The molecule has 5 nitrogen and oxygen atoms in total. The minimum absolute atomic E-state index is 0.265.